The molecule has 2 rings (SSSR count). The van der Waals surface area contributed by atoms with Crippen molar-refractivity contribution >= 4 is 0 Å². The van der Waals surface area contributed by atoms with Crippen molar-refractivity contribution in [2.75, 3.05) is 0 Å². The van der Waals surface area contributed by atoms with Crippen LogP contribution in [-0.4, -0.2) is 6.10 Å². The molecule has 0 amide bonds. The van der Waals surface area contributed by atoms with Gasteiger partial charge in [-0.05, 0) is 62.0 Å². The van der Waals surface area contributed by atoms with E-state index in [9.17, 15) is 0 Å². The number of nitrogens with zero attached hydrogens (tertiary/aromatic N) is 1. The van der Waals surface area contributed by atoms with Crippen molar-refractivity contribution in [1.29, 1.82) is 5.26 Å². The third kappa shape index (κ3) is 6.59. The average Bonchev–Trinajstić information content (AvgIpc) is 2.59. The Morgan fingerprint density at radius 3 is 2.48 bits per heavy atom. The lowest BCUT2D eigenvalue weighted by molar-refractivity contribution is 0.00646. The van der Waals surface area contributed by atoms with Crippen LogP contribution in [0.1, 0.15) is 63.0 Å². The summed E-state index contributed by atoms with van der Waals surface area (Å²) in [7, 11) is 0. The van der Waals surface area contributed by atoms with Gasteiger partial charge in [0.2, 0.25) is 0 Å². The molecule has 0 aliphatic heterocycles. The third-order valence-corrected chi connectivity index (χ3v) is 4.78. The zero-order chi connectivity index (χ0) is 16.3. The zero-order valence-corrected chi connectivity index (χ0v) is 14.3. The van der Waals surface area contributed by atoms with Gasteiger partial charge in [-0.1, -0.05) is 43.7 Å². The Labute approximate surface area is 141 Å². The molecule has 0 saturated heterocycles. The summed E-state index contributed by atoms with van der Waals surface area (Å²) in [6, 6.07) is 10.9. The van der Waals surface area contributed by atoms with E-state index >= 15 is 0 Å². The molecule has 0 unspecified atom stereocenters. The van der Waals surface area contributed by atoms with Crippen molar-refractivity contribution in [3.05, 3.63) is 47.5 Å². The highest BCUT2D eigenvalue weighted by Gasteiger charge is 2.21. The van der Waals surface area contributed by atoms with Gasteiger partial charge < -0.3 is 4.74 Å². The van der Waals surface area contributed by atoms with Crippen LogP contribution in [-0.2, 0) is 17.8 Å². The van der Waals surface area contributed by atoms with E-state index in [-0.39, 0.29) is 0 Å². The van der Waals surface area contributed by atoms with Crippen LogP contribution in [0.3, 0.4) is 0 Å². The first-order valence-corrected chi connectivity index (χ1v) is 9.06. The Morgan fingerprint density at radius 1 is 1.13 bits per heavy atom. The second kappa shape index (κ2) is 10.2. The summed E-state index contributed by atoms with van der Waals surface area (Å²) in [4.78, 5) is 0. The van der Waals surface area contributed by atoms with Crippen LogP contribution < -0.4 is 0 Å². The van der Waals surface area contributed by atoms with E-state index in [1.165, 1.54) is 49.7 Å². The summed E-state index contributed by atoms with van der Waals surface area (Å²) in [5, 5.41) is 8.48. The van der Waals surface area contributed by atoms with Crippen LogP contribution in [0.25, 0.3) is 0 Å². The zero-order valence-electron chi connectivity index (χ0n) is 14.3. The molecule has 2 nitrogen and oxygen atoms in total. The monoisotopic (exact) mass is 311 g/mol. The molecule has 1 aromatic rings. The molecule has 0 aromatic heterocycles. The van der Waals surface area contributed by atoms with Gasteiger partial charge in [-0.15, -0.1) is 0 Å². The number of hydrogen-bond donors (Lipinski definition) is 0. The second-order valence-corrected chi connectivity index (χ2v) is 6.63. The molecule has 1 aliphatic rings. The van der Waals surface area contributed by atoms with E-state index in [1.54, 1.807) is 6.08 Å². The first kappa shape index (κ1) is 17.8. The van der Waals surface area contributed by atoms with Gasteiger partial charge >= 0.3 is 0 Å². The highest BCUT2D eigenvalue weighted by molar-refractivity contribution is 5.22. The van der Waals surface area contributed by atoms with E-state index in [1.807, 2.05) is 6.08 Å². The van der Waals surface area contributed by atoms with E-state index in [0.717, 1.165) is 25.4 Å². The molecule has 0 spiro atoms. The molecule has 0 N–H and O–H groups in total. The number of hydrogen-bond acceptors (Lipinski definition) is 2. The van der Waals surface area contributed by atoms with Crippen LogP contribution in [0.2, 0.25) is 0 Å². The van der Waals surface area contributed by atoms with Gasteiger partial charge in [-0.3, -0.25) is 0 Å². The van der Waals surface area contributed by atoms with Crippen LogP contribution in [0.4, 0.5) is 0 Å². The van der Waals surface area contributed by atoms with E-state index in [4.69, 9.17) is 10.00 Å². The Bertz CT molecular complexity index is 504. The predicted octanol–water partition coefficient (Wildman–Crippen LogP) is 5.57. The second-order valence-electron chi connectivity index (χ2n) is 6.63. The van der Waals surface area contributed by atoms with Crippen molar-refractivity contribution < 1.29 is 4.74 Å². The summed E-state index contributed by atoms with van der Waals surface area (Å²) in [6.45, 7) is 2.96. The molecule has 1 saturated carbocycles. The maximum atomic E-state index is 8.48. The van der Waals surface area contributed by atoms with E-state index in [2.05, 4.69) is 37.3 Å². The average molecular weight is 311 g/mol. The topological polar surface area (TPSA) is 33.0 Å². The van der Waals surface area contributed by atoms with Gasteiger partial charge in [-0.2, -0.15) is 5.26 Å². The molecule has 1 fully saturated rings. The van der Waals surface area contributed by atoms with Gasteiger partial charge in [0.1, 0.15) is 0 Å². The first-order chi connectivity index (χ1) is 11.3. The van der Waals surface area contributed by atoms with Crippen LogP contribution in [0.15, 0.2) is 36.4 Å². The van der Waals surface area contributed by atoms with Gasteiger partial charge in [0.05, 0.1) is 18.8 Å². The molecular weight excluding hydrogens is 282 g/mol. The van der Waals surface area contributed by atoms with Gasteiger partial charge in [0.15, 0.2) is 0 Å². The molecule has 1 aliphatic carbocycles. The smallest absolute Gasteiger partial charge is 0.0908 e. The Morgan fingerprint density at radius 2 is 1.83 bits per heavy atom. The van der Waals surface area contributed by atoms with Crippen molar-refractivity contribution in [3.63, 3.8) is 0 Å². The number of aryl methyl sites for hydroxylation is 1. The molecule has 2 heteroatoms. The predicted molar refractivity (Wildman–Crippen MR) is 95.0 cm³/mol. The van der Waals surface area contributed by atoms with E-state index in [0.29, 0.717) is 6.10 Å². The van der Waals surface area contributed by atoms with Gasteiger partial charge in [0.25, 0.3) is 0 Å². The quantitative estimate of drug-likeness (QED) is 0.588. The normalized spacial score (nSPS) is 21.4. The number of ether oxygens (including phenoxy) is 1. The maximum Gasteiger partial charge on any atom is 0.0908 e. The van der Waals surface area contributed by atoms with Crippen LogP contribution in [0.5, 0.6) is 0 Å². The lowest BCUT2D eigenvalue weighted by atomic mass is 9.84. The number of rotatable bonds is 8. The van der Waals surface area contributed by atoms with Crippen molar-refractivity contribution in [2.45, 2.75) is 71.0 Å². The molecule has 0 atom stereocenters. The fraction of sp³-hybridized carbons (Fsp3) is 0.571. The summed E-state index contributed by atoms with van der Waals surface area (Å²) in [5.41, 5.74) is 2.70. The SMILES string of the molecule is CCCc1ccc(CO[C@H]2CC[C@H](CC/C=C/C#N)CC2)cc1. The Hall–Kier alpha value is -1.59. The number of allylic oxidation sites excluding steroid dienone is 2. The standard InChI is InChI=1S/C21H29NO/c1-2-6-18-8-10-20(11-9-18)17-23-21-14-12-19(13-15-21)7-4-3-5-16-22/h3,5,8-11,19,21H,2,4,6-7,12-15,17H2,1H3/b5-3+/t19-,21-. The Balaban J connectivity index is 1.64. The first-order valence-electron chi connectivity index (χ1n) is 9.06. The molecule has 0 radical (unpaired) electrons. The number of benzene rings is 1. The maximum absolute atomic E-state index is 8.48. The highest BCUT2D eigenvalue weighted by Crippen LogP contribution is 2.30. The van der Waals surface area contributed by atoms with Crippen molar-refractivity contribution in [3.8, 4) is 6.07 Å². The minimum absolute atomic E-state index is 0.427. The minimum Gasteiger partial charge on any atom is -0.374 e. The molecule has 23 heavy (non-hydrogen) atoms. The Kier molecular flexibility index (Phi) is 7.90. The third-order valence-electron chi connectivity index (χ3n) is 4.78. The summed E-state index contributed by atoms with van der Waals surface area (Å²) in [6.07, 6.45) is 13.5. The molecular formula is C21H29NO. The summed E-state index contributed by atoms with van der Waals surface area (Å²) in [5.74, 6) is 0.812. The van der Waals surface area contributed by atoms with E-state index < -0.39 is 0 Å². The molecule has 124 valence electrons. The van der Waals surface area contributed by atoms with Gasteiger partial charge in [0, 0.05) is 6.08 Å². The molecule has 0 bridgehead atoms. The fourth-order valence-corrected chi connectivity index (χ4v) is 3.36. The largest absolute Gasteiger partial charge is 0.374 e. The highest BCUT2D eigenvalue weighted by atomic mass is 16.5. The lowest BCUT2D eigenvalue weighted by Crippen LogP contribution is -2.21. The molecule has 0 heterocycles. The number of nitriles is 1. The fourth-order valence-electron chi connectivity index (χ4n) is 3.36. The lowest BCUT2D eigenvalue weighted by Gasteiger charge is -2.28. The summed E-state index contributed by atoms with van der Waals surface area (Å²) >= 11 is 0. The molecule has 1 aromatic carbocycles. The van der Waals surface area contributed by atoms with Crippen molar-refractivity contribution in [1.82, 2.24) is 0 Å². The van der Waals surface area contributed by atoms with Crippen molar-refractivity contribution in [2.24, 2.45) is 5.92 Å². The van der Waals surface area contributed by atoms with Gasteiger partial charge in [-0.25, -0.2) is 0 Å². The van der Waals surface area contributed by atoms with Crippen LogP contribution >= 0.6 is 0 Å². The minimum atomic E-state index is 0.427. The van der Waals surface area contributed by atoms with Crippen LogP contribution in [0, 0.1) is 17.2 Å². The summed E-state index contributed by atoms with van der Waals surface area (Å²) < 4.78 is 6.10.